The molecule has 0 unspecified atom stereocenters. The number of piperazine rings is 1. The number of nitro benzene ring substituents is 1. The first kappa shape index (κ1) is 21.2. The Bertz CT molecular complexity index is 1240. The first-order valence-electron chi connectivity index (χ1n) is 10.0. The van der Waals surface area contributed by atoms with Crippen LogP contribution in [0.5, 0.6) is 0 Å². The van der Waals surface area contributed by atoms with Crippen molar-refractivity contribution in [3.8, 4) is 0 Å². The predicted molar refractivity (Wildman–Crippen MR) is 115 cm³/mol. The minimum absolute atomic E-state index is 0.0604. The molecule has 11 heteroatoms. The van der Waals surface area contributed by atoms with E-state index in [2.05, 4.69) is 9.88 Å². The molecule has 0 saturated carbocycles. The number of rotatable bonds is 7. The third-order valence-electron chi connectivity index (χ3n) is 5.55. The highest BCUT2D eigenvalue weighted by Crippen LogP contribution is 2.21. The summed E-state index contributed by atoms with van der Waals surface area (Å²) in [6, 6.07) is 12.5. The Morgan fingerprint density at radius 3 is 2.32 bits per heavy atom. The van der Waals surface area contributed by atoms with Crippen LogP contribution in [0, 0.1) is 10.1 Å². The minimum Gasteiger partial charge on any atom is -0.306 e. The van der Waals surface area contributed by atoms with Gasteiger partial charge in [0, 0.05) is 44.9 Å². The number of non-ortho nitro benzene ring substituents is 1. The number of nitrogens with zero attached hydrogens (tertiary/aromatic N) is 4. The molecule has 164 valence electrons. The second kappa shape index (κ2) is 8.61. The van der Waals surface area contributed by atoms with Crippen molar-refractivity contribution in [2.45, 2.75) is 17.9 Å². The van der Waals surface area contributed by atoms with E-state index >= 15 is 0 Å². The Morgan fingerprint density at radius 2 is 1.65 bits per heavy atom. The van der Waals surface area contributed by atoms with Crippen LogP contribution in [0.4, 0.5) is 5.69 Å². The van der Waals surface area contributed by atoms with E-state index in [1.54, 1.807) is 4.57 Å². The van der Waals surface area contributed by atoms with Crippen molar-refractivity contribution in [1.82, 2.24) is 18.8 Å². The molecule has 31 heavy (non-hydrogen) atoms. The van der Waals surface area contributed by atoms with E-state index in [0.29, 0.717) is 32.7 Å². The van der Waals surface area contributed by atoms with E-state index < -0.39 is 14.9 Å². The van der Waals surface area contributed by atoms with Gasteiger partial charge in [0.05, 0.1) is 20.9 Å². The lowest BCUT2D eigenvalue weighted by Gasteiger charge is -2.34. The largest absolute Gasteiger partial charge is 0.326 e. The highest BCUT2D eigenvalue weighted by atomic mass is 32.2. The van der Waals surface area contributed by atoms with Crippen LogP contribution >= 0.6 is 0 Å². The lowest BCUT2D eigenvalue weighted by molar-refractivity contribution is -0.384. The number of aromatic amines is 1. The molecule has 0 spiro atoms. The van der Waals surface area contributed by atoms with Crippen molar-refractivity contribution < 1.29 is 13.3 Å². The summed E-state index contributed by atoms with van der Waals surface area (Å²) in [5, 5.41) is 10.8. The number of fused-ring (bicyclic) bond motifs is 1. The molecule has 0 radical (unpaired) electrons. The van der Waals surface area contributed by atoms with Crippen LogP contribution < -0.4 is 5.69 Å². The molecule has 3 aromatic rings. The highest BCUT2D eigenvalue weighted by Gasteiger charge is 2.28. The van der Waals surface area contributed by atoms with Gasteiger partial charge in [0.1, 0.15) is 0 Å². The average Bonchev–Trinajstić information content (AvgIpc) is 3.09. The van der Waals surface area contributed by atoms with Gasteiger partial charge in [-0.2, -0.15) is 4.31 Å². The van der Waals surface area contributed by atoms with Gasteiger partial charge in [0.2, 0.25) is 10.0 Å². The molecule has 1 N–H and O–H groups in total. The molecule has 1 aliphatic rings. The summed E-state index contributed by atoms with van der Waals surface area (Å²) in [5.74, 6) is 0. The minimum atomic E-state index is -3.68. The van der Waals surface area contributed by atoms with Gasteiger partial charge in [-0.3, -0.25) is 14.7 Å². The van der Waals surface area contributed by atoms with Crippen molar-refractivity contribution in [3.63, 3.8) is 0 Å². The summed E-state index contributed by atoms with van der Waals surface area (Å²) in [4.78, 5) is 27.4. The fraction of sp³-hybridized carbons (Fsp3) is 0.350. The van der Waals surface area contributed by atoms with Gasteiger partial charge in [0.15, 0.2) is 0 Å². The second-order valence-corrected chi connectivity index (χ2v) is 9.39. The summed E-state index contributed by atoms with van der Waals surface area (Å²) in [6.07, 6.45) is 0.775. The molecule has 1 fully saturated rings. The van der Waals surface area contributed by atoms with E-state index in [9.17, 15) is 23.3 Å². The van der Waals surface area contributed by atoms with Crippen molar-refractivity contribution >= 4 is 26.7 Å². The van der Waals surface area contributed by atoms with Crippen LogP contribution in [0.1, 0.15) is 6.42 Å². The number of nitro groups is 1. The monoisotopic (exact) mass is 445 g/mol. The van der Waals surface area contributed by atoms with Crippen LogP contribution in [-0.4, -0.2) is 64.8 Å². The Kier molecular flexibility index (Phi) is 5.90. The zero-order valence-corrected chi connectivity index (χ0v) is 17.6. The number of H-pyrrole nitrogens is 1. The van der Waals surface area contributed by atoms with Crippen molar-refractivity contribution in [2.75, 3.05) is 32.7 Å². The van der Waals surface area contributed by atoms with Gasteiger partial charge in [-0.05, 0) is 37.2 Å². The molecule has 4 rings (SSSR count). The second-order valence-electron chi connectivity index (χ2n) is 7.45. The number of sulfonamides is 1. The summed E-state index contributed by atoms with van der Waals surface area (Å²) in [7, 11) is -3.68. The maximum Gasteiger partial charge on any atom is 0.326 e. The Hall–Kier alpha value is -3.02. The number of hydrogen-bond donors (Lipinski definition) is 1. The quantitative estimate of drug-likeness (QED) is 0.436. The van der Waals surface area contributed by atoms with Gasteiger partial charge in [-0.25, -0.2) is 13.2 Å². The standard InChI is InChI=1S/C20H23N5O5S/c26-20-21-18-4-1-2-5-19(18)24(20)11-3-10-22-12-14-23(15-13-22)31(29,30)17-8-6-16(7-9-17)25(27)28/h1-2,4-9H,3,10-15H2,(H,21,26). The normalized spacial score (nSPS) is 16.0. The Labute approximate surface area is 178 Å². The molecule has 10 nitrogen and oxygen atoms in total. The molecule has 0 aliphatic carbocycles. The molecule has 0 bridgehead atoms. The molecular weight excluding hydrogens is 422 g/mol. The summed E-state index contributed by atoms with van der Waals surface area (Å²) < 4.78 is 28.7. The molecule has 2 heterocycles. The first-order valence-corrected chi connectivity index (χ1v) is 11.4. The average molecular weight is 446 g/mol. The van der Waals surface area contributed by atoms with Gasteiger partial charge in [-0.15, -0.1) is 0 Å². The van der Waals surface area contributed by atoms with Crippen molar-refractivity contribution in [2.24, 2.45) is 0 Å². The molecule has 1 saturated heterocycles. The van der Waals surface area contributed by atoms with E-state index in [0.717, 1.165) is 24.0 Å². The topological polar surface area (TPSA) is 122 Å². The zero-order valence-electron chi connectivity index (χ0n) is 16.8. The maximum absolute atomic E-state index is 12.8. The fourth-order valence-corrected chi connectivity index (χ4v) is 5.29. The van der Waals surface area contributed by atoms with E-state index in [4.69, 9.17) is 0 Å². The van der Waals surface area contributed by atoms with E-state index in [1.165, 1.54) is 28.6 Å². The highest BCUT2D eigenvalue weighted by molar-refractivity contribution is 7.89. The summed E-state index contributed by atoms with van der Waals surface area (Å²) >= 11 is 0. The number of aromatic nitrogens is 2. The number of para-hydroxylation sites is 2. The van der Waals surface area contributed by atoms with Gasteiger partial charge in [0.25, 0.3) is 5.69 Å². The molecule has 1 aromatic heterocycles. The van der Waals surface area contributed by atoms with E-state index in [1.807, 2.05) is 24.3 Å². The SMILES string of the molecule is O=c1[nH]c2ccccc2n1CCCN1CCN(S(=O)(=O)c2ccc([N+](=O)[O-])cc2)CC1. The van der Waals surface area contributed by atoms with Crippen molar-refractivity contribution in [1.29, 1.82) is 0 Å². The number of benzene rings is 2. The molecule has 1 aliphatic heterocycles. The van der Waals surface area contributed by atoms with Crippen molar-refractivity contribution in [3.05, 3.63) is 69.1 Å². The van der Waals surface area contributed by atoms with E-state index in [-0.39, 0.29) is 16.3 Å². The number of aryl methyl sites for hydroxylation is 1. The van der Waals surface area contributed by atoms with Crippen LogP contribution in [-0.2, 0) is 16.6 Å². The zero-order chi connectivity index (χ0) is 22.0. The fourth-order valence-electron chi connectivity index (χ4n) is 3.86. The predicted octanol–water partition coefficient (Wildman–Crippen LogP) is 1.63. The lowest BCUT2D eigenvalue weighted by Crippen LogP contribution is -2.48. The molecule has 0 atom stereocenters. The van der Waals surface area contributed by atoms with Gasteiger partial charge < -0.3 is 9.88 Å². The lowest BCUT2D eigenvalue weighted by atomic mass is 10.3. The van der Waals surface area contributed by atoms with Crippen LogP contribution in [0.2, 0.25) is 0 Å². The van der Waals surface area contributed by atoms with Gasteiger partial charge >= 0.3 is 5.69 Å². The molecule has 0 amide bonds. The first-order chi connectivity index (χ1) is 14.9. The van der Waals surface area contributed by atoms with Crippen LogP contribution in [0.25, 0.3) is 11.0 Å². The van der Waals surface area contributed by atoms with Gasteiger partial charge in [-0.1, -0.05) is 12.1 Å². The van der Waals surface area contributed by atoms with Crippen LogP contribution in [0.15, 0.2) is 58.2 Å². The maximum atomic E-state index is 12.8. The number of nitrogens with one attached hydrogen (secondary N) is 1. The molecule has 2 aromatic carbocycles. The summed E-state index contributed by atoms with van der Waals surface area (Å²) in [5.41, 5.74) is 1.43. The Balaban J connectivity index is 1.31. The third kappa shape index (κ3) is 4.38. The smallest absolute Gasteiger partial charge is 0.306 e. The van der Waals surface area contributed by atoms with Crippen LogP contribution in [0.3, 0.4) is 0 Å². The number of hydrogen-bond acceptors (Lipinski definition) is 6. The third-order valence-corrected chi connectivity index (χ3v) is 7.47. The Morgan fingerprint density at radius 1 is 0.968 bits per heavy atom. The molecular formula is C20H23N5O5S. The number of imidazole rings is 1. The summed E-state index contributed by atoms with van der Waals surface area (Å²) in [6.45, 7) is 3.24.